The van der Waals surface area contributed by atoms with E-state index in [-0.39, 0.29) is 18.4 Å². The average molecular weight is 338 g/mol. The molecule has 1 aromatic rings. The Morgan fingerprint density at radius 2 is 1.83 bits per heavy atom. The summed E-state index contributed by atoms with van der Waals surface area (Å²) in [5.41, 5.74) is 6.40. The lowest BCUT2D eigenvalue weighted by atomic mass is 10.0. The number of nitrogens with one attached hydrogen (secondary N) is 1. The first-order valence-electron chi connectivity index (χ1n) is 7.75. The summed E-state index contributed by atoms with van der Waals surface area (Å²) in [6.45, 7) is 1.84. The molecule has 0 aliphatic heterocycles. The van der Waals surface area contributed by atoms with Gasteiger partial charge in [0.15, 0.2) is 11.5 Å². The molecule has 24 heavy (non-hydrogen) atoms. The van der Waals surface area contributed by atoms with Crippen LogP contribution in [0.2, 0.25) is 0 Å². The number of hydrogen-bond donors (Lipinski definition) is 2. The molecule has 1 rings (SSSR count). The van der Waals surface area contributed by atoms with Gasteiger partial charge >= 0.3 is 5.97 Å². The highest BCUT2D eigenvalue weighted by atomic mass is 16.5. The fourth-order valence-electron chi connectivity index (χ4n) is 2.20. The van der Waals surface area contributed by atoms with E-state index in [1.807, 2.05) is 6.92 Å². The van der Waals surface area contributed by atoms with Crippen LogP contribution in [0.5, 0.6) is 11.5 Å². The number of carbonyl (C=O) groups is 2. The Hall–Kier alpha value is -2.28. The van der Waals surface area contributed by atoms with Crippen molar-refractivity contribution < 1.29 is 23.8 Å². The van der Waals surface area contributed by atoms with E-state index in [1.54, 1.807) is 25.3 Å². The highest BCUT2D eigenvalue weighted by molar-refractivity contribution is 5.78. The molecule has 134 valence electrons. The van der Waals surface area contributed by atoms with Crippen LogP contribution in [0.1, 0.15) is 37.8 Å². The van der Waals surface area contributed by atoms with Crippen LogP contribution in [0.3, 0.4) is 0 Å². The van der Waals surface area contributed by atoms with Gasteiger partial charge in [-0.3, -0.25) is 9.59 Å². The molecule has 7 heteroatoms. The first kappa shape index (κ1) is 19.8. The fourth-order valence-corrected chi connectivity index (χ4v) is 2.20. The third kappa shape index (κ3) is 6.08. The van der Waals surface area contributed by atoms with Crippen molar-refractivity contribution >= 4 is 11.9 Å². The lowest BCUT2D eigenvalue weighted by Crippen LogP contribution is -2.31. The molecule has 0 saturated heterocycles. The zero-order chi connectivity index (χ0) is 18.1. The molecule has 0 fully saturated rings. The van der Waals surface area contributed by atoms with Gasteiger partial charge < -0.3 is 25.3 Å². The van der Waals surface area contributed by atoms with Crippen LogP contribution in [-0.4, -0.2) is 39.2 Å². The highest BCUT2D eigenvalue weighted by Gasteiger charge is 2.20. The van der Waals surface area contributed by atoms with Crippen molar-refractivity contribution in [2.75, 3.05) is 21.3 Å². The normalized spacial score (nSPS) is 12.9. The number of ether oxygens (including phenoxy) is 3. The zero-order valence-corrected chi connectivity index (χ0v) is 14.6. The summed E-state index contributed by atoms with van der Waals surface area (Å²) in [5.74, 6) is 0.509. The van der Waals surface area contributed by atoms with Crippen LogP contribution in [0.25, 0.3) is 0 Å². The number of benzene rings is 1. The van der Waals surface area contributed by atoms with Crippen LogP contribution in [0, 0.1) is 0 Å². The van der Waals surface area contributed by atoms with Crippen molar-refractivity contribution in [3.63, 3.8) is 0 Å². The minimum atomic E-state index is -0.516. The standard InChI is InChI=1S/C17H26N2O5/c1-11(18)5-8-16(20)19-13(10-17(21)24-4)12-6-7-14(22-2)15(9-12)23-3/h6-7,9,11,13H,5,8,10,18H2,1-4H3,(H,19,20). The number of carbonyl (C=O) groups excluding carboxylic acids is 2. The van der Waals surface area contributed by atoms with E-state index in [4.69, 9.17) is 19.9 Å². The molecule has 0 heterocycles. The van der Waals surface area contributed by atoms with E-state index in [2.05, 4.69) is 5.32 Å². The summed E-state index contributed by atoms with van der Waals surface area (Å²) >= 11 is 0. The Balaban J connectivity index is 2.96. The second-order valence-electron chi connectivity index (χ2n) is 5.53. The summed E-state index contributed by atoms with van der Waals surface area (Å²) < 4.78 is 15.2. The minimum absolute atomic E-state index is 0.0237. The maximum atomic E-state index is 12.1. The van der Waals surface area contributed by atoms with Gasteiger partial charge in [-0.2, -0.15) is 0 Å². The molecular formula is C17H26N2O5. The lowest BCUT2D eigenvalue weighted by molar-refractivity contribution is -0.141. The molecule has 0 bridgehead atoms. The number of methoxy groups -OCH3 is 3. The Labute approximate surface area is 142 Å². The van der Waals surface area contributed by atoms with Gasteiger partial charge in [0.2, 0.25) is 5.91 Å². The number of nitrogens with two attached hydrogens (primary N) is 1. The third-order valence-electron chi connectivity index (χ3n) is 3.57. The third-order valence-corrected chi connectivity index (χ3v) is 3.57. The highest BCUT2D eigenvalue weighted by Crippen LogP contribution is 2.31. The lowest BCUT2D eigenvalue weighted by Gasteiger charge is -2.20. The van der Waals surface area contributed by atoms with Gasteiger partial charge in [-0.15, -0.1) is 0 Å². The fraction of sp³-hybridized carbons (Fsp3) is 0.529. The molecule has 1 amide bonds. The van der Waals surface area contributed by atoms with E-state index in [9.17, 15) is 9.59 Å². The molecule has 3 N–H and O–H groups in total. The Kier molecular flexibility index (Phi) is 8.05. The number of hydrogen-bond acceptors (Lipinski definition) is 6. The predicted molar refractivity (Wildman–Crippen MR) is 89.9 cm³/mol. The molecule has 0 aromatic heterocycles. The van der Waals surface area contributed by atoms with E-state index in [0.717, 1.165) is 5.56 Å². The molecule has 0 radical (unpaired) electrons. The van der Waals surface area contributed by atoms with Gasteiger partial charge in [-0.05, 0) is 31.0 Å². The SMILES string of the molecule is COC(=O)CC(NC(=O)CCC(C)N)c1ccc(OC)c(OC)c1. The number of rotatable bonds is 9. The smallest absolute Gasteiger partial charge is 0.307 e. The van der Waals surface area contributed by atoms with Gasteiger partial charge in [0, 0.05) is 12.5 Å². The molecular weight excluding hydrogens is 312 g/mol. The Morgan fingerprint density at radius 3 is 2.38 bits per heavy atom. The average Bonchev–Trinajstić information content (AvgIpc) is 2.58. The molecule has 1 aromatic carbocycles. The van der Waals surface area contributed by atoms with Crippen LogP contribution < -0.4 is 20.5 Å². The van der Waals surface area contributed by atoms with Gasteiger partial charge in [0.25, 0.3) is 0 Å². The van der Waals surface area contributed by atoms with Gasteiger partial charge in [-0.1, -0.05) is 6.07 Å². The largest absolute Gasteiger partial charge is 0.493 e. The number of esters is 1. The van der Waals surface area contributed by atoms with Crippen molar-refractivity contribution in [1.82, 2.24) is 5.32 Å². The predicted octanol–water partition coefficient (Wildman–Crippen LogP) is 1.55. The van der Waals surface area contributed by atoms with Crippen LogP contribution in [0.4, 0.5) is 0 Å². The van der Waals surface area contributed by atoms with E-state index in [0.29, 0.717) is 24.3 Å². The Morgan fingerprint density at radius 1 is 1.17 bits per heavy atom. The van der Waals surface area contributed by atoms with Gasteiger partial charge in [-0.25, -0.2) is 0 Å². The summed E-state index contributed by atoms with van der Waals surface area (Å²) in [6.07, 6.45) is 0.890. The summed E-state index contributed by atoms with van der Waals surface area (Å²) in [7, 11) is 4.38. The first-order valence-corrected chi connectivity index (χ1v) is 7.75. The summed E-state index contributed by atoms with van der Waals surface area (Å²) in [6, 6.07) is 4.67. The molecule has 0 saturated carbocycles. The maximum Gasteiger partial charge on any atom is 0.307 e. The van der Waals surface area contributed by atoms with Crippen molar-refractivity contribution in [2.45, 2.75) is 38.3 Å². The second-order valence-corrected chi connectivity index (χ2v) is 5.53. The Bertz CT molecular complexity index is 560. The van der Waals surface area contributed by atoms with E-state index in [1.165, 1.54) is 14.2 Å². The van der Waals surface area contributed by atoms with Gasteiger partial charge in [0.05, 0.1) is 33.8 Å². The minimum Gasteiger partial charge on any atom is -0.493 e. The van der Waals surface area contributed by atoms with Crippen molar-refractivity contribution in [3.8, 4) is 11.5 Å². The monoisotopic (exact) mass is 338 g/mol. The molecule has 0 spiro atoms. The van der Waals surface area contributed by atoms with Crippen LogP contribution in [-0.2, 0) is 14.3 Å². The van der Waals surface area contributed by atoms with Gasteiger partial charge in [0.1, 0.15) is 0 Å². The van der Waals surface area contributed by atoms with Crippen molar-refractivity contribution in [2.24, 2.45) is 5.73 Å². The summed E-state index contributed by atoms with van der Waals surface area (Å²) in [4.78, 5) is 23.8. The van der Waals surface area contributed by atoms with E-state index >= 15 is 0 Å². The quantitative estimate of drug-likeness (QED) is 0.663. The summed E-state index contributed by atoms with van der Waals surface area (Å²) in [5, 5.41) is 2.85. The van der Waals surface area contributed by atoms with Crippen molar-refractivity contribution in [1.29, 1.82) is 0 Å². The molecule has 0 aliphatic carbocycles. The zero-order valence-electron chi connectivity index (χ0n) is 14.6. The second kappa shape index (κ2) is 9.77. The molecule has 7 nitrogen and oxygen atoms in total. The van der Waals surface area contributed by atoms with Crippen LogP contribution in [0.15, 0.2) is 18.2 Å². The van der Waals surface area contributed by atoms with Crippen molar-refractivity contribution in [3.05, 3.63) is 23.8 Å². The molecule has 0 aliphatic rings. The molecule has 2 unspecified atom stereocenters. The molecule has 2 atom stereocenters. The topological polar surface area (TPSA) is 99.9 Å². The van der Waals surface area contributed by atoms with E-state index < -0.39 is 12.0 Å². The first-order chi connectivity index (χ1) is 11.4. The maximum absolute atomic E-state index is 12.1. The number of amides is 1. The van der Waals surface area contributed by atoms with Crippen LogP contribution >= 0.6 is 0 Å².